The van der Waals surface area contributed by atoms with E-state index in [1.54, 1.807) is 13.0 Å². The van der Waals surface area contributed by atoms with E-state index in [1.807, 2.05) is 20.8 Å². The van der Waals surface area contributed by atoms with Crippen LogP contribution >= 0.6 is 11.6 Å². The summed E-state index contributed by atoms with van der Waals surface area (Å²) in [5.74, 6) is 0. The summed E-state index contributed by atoms with van der Waals surface area (Å²) in [6.07, 6.45) is 1.39. The largest absolute Gasteiger partial charge is 0.398 e. The van der Waals surface area contributed by atoms with Crippen LogP contribution in [0, 0.1) is 6.92 Å². The molecule has 3 N–H and O–H groups in total. The summed E-state index contributed by atoms with van der Waals surface area (Å²) < 4.78 is 27.5. The van der Waals surface area contributed by atoms with Crippen LogP contribution in [0.5, 0.6) is 0 Å². The number of anilines is 1. The number of halogens is 1. The molecule has 0 saturated heterocycles. The summed E-state index contributed by atoms with van der Waals surface area (Å²) in [7, 11) is -3.67. The van der Waals surface area contributed by atoms with E-state index in [4.69, 9.17) is 17.3 Å². The van der Waals surface area contributed by atoms with Crippen LogP contribution < -0.4 is 10.5 Å². The van der Waals surface area contributed by atoms with Gasteiger partial charge in [-0.25, -0.2) is 13.1 Å². The topological polar surface area (TPSA) is 72.2 Å². The maximum atomic E-state index is 12.4. The Labute approximate surface area is 120 Å². The molecule has 0 spiro atoms. The van der Waals surface area contributed by atoms with Gasteiger partial charge in [-0.05, 0) is 44.4 Å². The molecular weight excluding hydrogens is 284 g/mol. The fourth-order valence-electron chi connectivity index (χ4n) is 1.65. The van der Waals surface area contributed by atoms with Gasteiger partial charge in [-0.2, -0.15) is 0 Å². The molecule has 0 saturated carbocycles. The van der Waals surface area contributed by atoms with Crippen molar-refractivity contribution in [1.29, 1.82) is 0 Å². The summed E-state index contributed by atoms with van der Waals surface area (Å²) in [6.45, 7) is 7.54. The lowest BCUT2D eigenvalue weighted by atomic mass is 9.98. The van der Waals surface area contributed by atoms with Crippen molar-refractivity contribution in [2.75, 3.05) is 5.73 Å². The van der Waals surface area contributed by atoms with Crippen LogP contribution in [0.1, 0.15) is 39.2 Å². The second kappa shape index (κ2) is 5.69. The third-order valence-electron chi connectivity index (χ3n) is 3.55. The molecule has 19 heavy (non-hydrogen) atoms. The SMILES string of the molecule is CCC(C)(CC)NS(=O)(=O)c1cc(N)c(C)cc1Cl. The number of aryl methyl sites for hydroxylation is 1. The lowest BCUT2D eigenvalue weighted by molar-refractivity contribution is 0.389. The predicted octanol–water partition coefficient (Wildman–Crippen LogP) is 3.09. The molecule has 1 aromatic rings. The number of benzene rings is 1. The Morgan fingerprint density at radius 2 is 1.84 bits per heavy atom. The molecule has 0 aliphatic rings. The van der Waals surface area contributed by atoms with Crippen LogP contribution in [-0.4, -0.2) is 14.0 Å². The van der Waals surface area contributed by atoms with Crippen LogP contribution in [0.15, 0.2) is 17.0 Å². The zero-order chi connectivity index (χ0) is 14.8. The van der Waals surface area contributed by atoms with E-state index in [-0.39, 0.29) is 9.92 Å². The molecule has 6 heteroatoms. The number of nitrogens with one attached hydrogen (secondary N) is 1. The van der Waals surface area contributed by atoms with Gasteiger partial charge in [0.15, 0.2) is 0 Å². The van der Waals surface area contributed by atoms with Crippen molar-refractivity contribution < 1.29 is 8.42 Å². The molecule has 1 rings (SSSR count). The normalized spacial score (nSPS) is 12.7. The monoisotopic (exact) mass is 304 g/mol. The van der Waals surface area contributed by atoms with Crippen LogP contribution in [0.3, 0.4) is 0 Å². The molecule has 108 valence electrons. The zero-order valence-electron chi connectivity index (χ0n) is 11.7. The second-order valence-electron chi connectivity index (χ2n) is 5.01. The van der Waals surface area contributed by atoms with Crippen molar-refractivity contribution in [2.45, 2.75) is 51.0 Å². The van der Waals surface area contributed by atoms with Gasteiger partial charge in [0.2, 0.25) is 10.0 Å². The molecule has 0 amide bonds. The molecule has 0 aliphatic carbocycles. The molecule has 0 radical (unpaired) electrons. The molecule has 0 aromatic heterocycles. The van der Waals surface area contributed by atoms with Crippen LogP contribution in [0.2, 0.25) is 5.02 Å². The number of nitrogens with two attached hydrogens (primary N) is 1. The van der Waals surface area contributed by atoms with Gasteiger partial charge < -0.3 is 5.73 Å². The molecule has 0 aliphatic heterocycles. The molecule has 0 fully saturated rings. The average molecular weight is 305 g/mol. The molecule has 0 bridgehead atoms. The Bertz CT molecular complexity index is 566. The van der Waals surface area contributed by atoms with Crippen molar-refractivity contribution in [3.8, 4) is 0 Å². The third kappa shape index (κ3) is 3.61. The van der Waals surface area contributed by atoms with E-state index in [1.165, 1.54) is 6.07 Å². The minimum atomic E-state index is -3.67. The van der Waals surface area contributed by atoms with E-state index in [9.17, 15) is 8.42 Å². The molecular formula is C13H21ClN2O2S. The number of hydrogen-bond donors (Lipinski definition) is 2. The number of hydrogen-bond acceptors (Lipinski definition) is 3. The zero-order valence-corrected chi connectivity index (χ0v) is 13.3. The van der Waals surface area contributed by atoms with E-state index < -0.39 is 15.6 Å². The Morgan fingerprint density at radius 3 is 2.32 bits per heavy atom. The van der Waals surface area contributed by atoms with Crippen molar-refractivity contribution in [3.05, 3.63) is 22.7 Å². The highest BCUT2D eigenvalue weighted by Gasteiger charge is 2.29. The molecule has 0 heterocycles. The van der Waals surface area contributed by atoms with E-state index in [2.05, 4.69) is 4.72 Å². The molecule has 1 aromatic carbocycles. The highest BCUT2D eigenvalue weighted by Crippen LogP contribution is 2.28. The lowest BCUT2D eigenvalue weighted by Gasteiger charge is -2.28. The first-order valence-corrected chi connectivity index (χ1v) is 8.11. The average Bonchev–Trinajstić information content (AvgIpc) is 2.33. The van der Waals surface area contributed by atoms with E-state index in [0.717, 1.165) is 5.56 Å². The summed E-state index contributed by atoms with van der Waals surface area (Å²) in [5, 5.41) is 0.189. The fourth-order valence-corrected chi connectivity index (χ4v) is 3.82. The van der Waals surface area contributed by atoms with Gasteiger partial charge in [0.05, 0.1) is 5.02 Å². The van der Waals surface area contributed by atoms with Crippen molar-refractivity contribution in [3.63, 3.8) is 0 Å². The second-order valence-corrected chi connectivity index (χ2v) is 7.07. The summed E-state index contributed by atoms with van der Waals surface area (Å²) in [6, 6.07) is 2.98. The van der Waals surface area contributed by atoms with Crippen molar-refractivity contribution >= 4 is 27.3 Å². The van der Waals surface area contributed by atoms with Crippen molar-refractivity contribution in [1.82, 2.24) is 4.72 Å². The Morgan fingerprint density at radius 1 is 1.32 bits per heavy atom. The van der Waals surface area contributed by atoms with Gasteiger partial charge in [-0.15, -0.1) is 0 Å². The Hall–Kier alpha value is -0.780. The Balaban J connectivity index is 3.25. The van der Waals surface area contributed by atoms with Crippen LogP contribution in [-0.2, 0) is 10.0 Å². The first-order chi connectivity index (χ1) is 8.65. The summed E-state index contributed by atoms with van der Waals surface area (Å²) in [4.78, 5) is 0.0328. The number of nitrogen functional groups attached to an aromatic ring is 1. The third-order valence-corrected chi connectivity index (χ3v) is 5.65. The predicted molar refractivity (Wildman–Crippen MR) is 79.9 cm³/mol. The van der Waals surface area contributed by atoms with Crippen molar-refractivity contribution in [2.24, 2.45) is 0 Å². The van der Waals surface area contributed by atoms with Gasteiger partial charge in [0.1, 0.15) is 4.90 Å². The number of sulfonamides is 1. The highest BCUT2D eigenvalue weighted by atomic mass is 35.5. The minimum Gasteiger partial charge on any atom is -0.398 e. The van der Waals surface area contributed by atoms with Gasteiger partial charge in [0, 0.05) is 11.2 Å². The maximum absolute atomic E-state index is 12.4. The smallest absolute Gasteiger partial charge is 0.242 e. The minimum absolute atomic E-state index is 0.0328. The fraction of sp³-hybridized carbons (Fsp3) is 0.538. The number of rotatable bonds is 5. The molecule has 0 unspecified atom stereocenters. The van der Waals surface area contributed by atoms with Gasteiger partial charge >= 0.3 is 0 Å². The van der Waals surface area contributed by atoms with E-state index >= 15 is 0 Å². The summed E-state index contributed by atoms with van der Waals surface area (Å²) >= 11 is 6.03. The molecule has 0 atom stereocenters. The summed E-state index contributed by atoms with van der Waals surface area (Å²) in [5.41, 5.74) is 6.46. The standard InChI is InChI=1S/C13H21ClN2O2S/c1-5-13(4,6-2)16-19(17,18)12-8-11(15)9(3)7-10(12)14/h7-8,16H,5-6,15H2,1-4H3. The van der Waals surface area contributed by atoms with E-state index in [0.29, 0.717) is 18.5 Å². The van der Waals surface area contributed by atoms with Gasteiger partial charge in [-0.3, -0.25) is 0 Å². The lowest BCUT2D eigenvalue weighted by Crippen LogP contribution is -2.44. The quantitative estimate of drug-likeness (QED) is 0.821. The maximum Gasteiger partial charge on any atom is 0.242 e. The first kappa shape index (κ1) is 16.3. The highest BCUT2D eigenvalue weighted by molar-refractivity contribution is 7.89. The van der Waals surface area contributed by atoms with Gasteiger partial charge in [0.25, 0.3) is 0 Å². The van der Waals surface area contributed by atoms with Crippen LogP contribution in [0.4, 0.5) is 5.69 Å². The first-order valence-electron chi connectivity index (χ1n) is 6.25. The Kier molecular flexibility index (Phi) is 4.87. The van der Waals surface area contributed by atoms with Gasteiger partial charge in [-0.1, -0.05) is 25.4 Å². The molecule has 4 nitrogen and oxygen atoms in total. The van der Waals surface area contributed by atoms with Crippen LogP contribution in [0.25, 0.3) is 0 Å².